The zero-order valence-corrected chi connectivity index (χ0v) is 22.0. The lowest BCUT2D eigenvalue weighted by Crippen LogP contribution is -2.66. The first kappa shape index (κ1) is 26.1. The van der Waals surface area contributed by atoms with E-state index in [1.165, 1.54) is 12.3 Å². The largest absolute Gasteiger partial charge is 0.510 e. The minimum Gasteiger partial charge on any atom is -0.451 e. The number of halogens is 2. The Balaban J connectivity index is 1.52. The molecule has 1 saturated heterocycles. The maximum atomic E-state index is 15.0. The van der Waals surface area contributed by atoms with E-state index in [-0.39, 0.29) is 35.9 Å². The summed E-state index contributed by atoms with van der Waals surface area (Å²) in [4.78, 5) is 40.6. The van der Waals surface area contributed by atoms with Gasteiger partial charge in [-0.2, -0.15) is 0 Å². The van der Waals surface area contributed by atoms with Gasteiger partial charge in [0.25, 0.3) is 5.91 Å². The van der Waals surface area contributed by atoms with Gasteiger partial charge in [-0.15, -0.1) is 0 Å². The van der Waals surface area contributed by atoms with Gasteiger partial charge >= 0.3 is 6.16 Å². The van der Waals surface area contributed by atoms with Gasteiger partial charge in [-0.05, 0) is 29.7 Å². The number of benzene rings is 2. The lowest BCUT2D eigenvalue weighted by atomic mass is 9.97. The lowest BCUT2D eigenvalue weighted by molar-refractivity contribution is -0.0222. The number of carbonyl (C=O) groups is 2. The van der Waals surface area contributed by atoms with Crippen molar-refractivity contribution in [3.63, 3.8) is 0 Å². The van der Waals surface area contributed by atoms with Crippen LogP contribution in [-0.4, -0.2) is 61.5 Å². The molecule has 1 fully saturated rings. The molecule has 10 nitrogen and oxygen atoms in total. The summed E-state index contributed by atoms with van der Waals surface area (Å²) in [6, 6.07) is 10.8. The van der Waals surface area contributed by atoms with Gasteiger partial charge in [0, 0.05) is 23.7 Å². The standard InChI is InChI=1S/C27H23F2N3O7S/c1-36-27(35)39-14-38-24-19(33)8-9-31-23(24)26(34)30-10-11-37-13-21(30)32(31)18-12-15-6-7-17(28)22(29)25(15)40-20-5-3-2-4-16(18)20/h2-9,18,21H,10-14H2,1H3. The smallest absolute Gasteiger partial charge is 0.451 e. The van der Waals surface area contributed by atoms with Crippen molar-refractivity contribution < 1.29 is 37.3 Å². The van der Waals surface area contributed by atoms with Gasteiger partial charge in [0.1, 0.15) is 6.17 Å². The predicted octanol–water partition coefficient (Wildman–Crippen LogP) is 3.44. The molecule has 1 aromatic heterocycles. The first-order valence-corrected chi connectivity index (χ1v) is 13.2. The van der Waals surface area contributed by atoms with Gasteiger partial charge in [-0.25, -0.2) is 13.6 Å². The van der Waals surface area contributed by atoms with Gasteiger partial charge in [0.2, 0.25) is 18.0 Å². The quantitative estimate of drug-likeness (QED) is 0.345. The Hall–Kier alpha value is -4.10. The molecule has 0 saturated carbocycles. The number of hydrogen-bond donors (Lipinski definition) is 0. The highest BCUT2D eigenvalue weighted by molar-refractivity contribution is 7.99. The summed E-state index contributed by atoms with van der Waals surface area (Å²) in [7, 11) is 1.13. The van der Waals surface area contributed by atoms with Crippen molar-refractivity contribution in [2.75, 3.05) is 38.7 Å². The summed E-state index contributed by atoms with van der Waals surface area (Å²) in [5.74, 6) is -2.60. The first-order chi connectivity index (χ1) is 19.4. The van der Waals surface area contributed by atoms with Crippen LogP contribution in [0.4, 0.5) is 13.6 Å². The molecule has 3 aliphatic rings. The Morgan fingerprint density at radius 2 is 1.98 bits per heavy atom. The van der Waals surface area contributed by atoms with Gasteiger partial charge in [0.15, 0.2) is 17.3 Å². The van der Waals surface area contributed by atoms with E-state index in [9.17, 15) is 18.8 Å². The first-order valence-electron chi connectivity index (χ1n) is 12.4. The molecule has 13 heteroatoms. The Bertz CT molecular complexity index is 1570. The normalized spacial score (nSPS) is 19.5. The second kappa shape index (κ2) is 10.5. The molecule has 1 amide bonds. The van der Waals surface area contributed by atoms with E-state index in [1.807, 2.05) is 29.3 Å². The molecule has 0 bridgehead atoms. The summed E-state index contributed by atoms with van der Waals surface area (Å²) in [5, 5.41) is 1.90. The summed E-state index contributed by atoms with van der Waals surface area (Å²) >= 11 is 1.15. The highest BCUT2D eigenvalue weighted by Crippen LogP contribution is 2.45. The molecule has 0 spiro atoms. The SMILES string of the molecule is COC(=O)OCOc1c2n(ccc1=O)N(C1Cc3ccc(F)c(F)c3Sc3ccccc31)C1COCCN1C2=O. The van der Waals surface area contributed by atoms with Crippen molar-refractivity contribution in [3.05, 3.63) is 87.3 Å². The molecule has 3 aliphatic heterocycles. The fourth-order valence-electron chi connectivity index (χ4n) is 5.27. The Kier molecular flexibility index (Phi) is 6.84. The van der Waals surface area contributed by atoms with Crippen LogP contribution in [0.2, 0.25) is 0 Å². The molecule has 6 rings (SSSR count). The van der Waals surface area contributed by atoms with Gasteiger partial charge in [-0.1, -0.05) is 36.0 Å². The summed E-state index contributed by atoms with van der Waals surface area (Å²) in [5.41, 5.74) is 0.777. The van der Waals surface area contributed by atoms with E-state index in [0.29, 0.717) is 12.2 Å². The van der Waals surface area contributed by atoms with Gasteiger partial charge in [-0.3, -0.25) is 19.3 Å². The number of aromatic nitrogens is 1. The van der Waals surface area contributed by atoms with Crippen LogP contribution >= 0.6 is 11.8 Å². The second-order valence-corrected chi connectivity index (χ2v) is 10.3. The lowest BCUT2D eigenvalue weighted by Gasteiger charge is -2.51. The molecule has 4 heterocycles. The van der Waals surface area contributed by atoms with Crippen molar-refractivity contribution in [1.82, 2.24) is 9.58 Å². The molecule has 3 aromatic rings. The van der Waals surface area contributed by atoms with Crippen LogP contribution in [0.3, 0.4) is 0 Å². The number of amides is 1. The predicted molar refractivity (Wildman–Crippen MR) is 137 cm³/mol. The Labute approximate surface area is 230 Å². The zero-order valence-electron chi connectivity index (χ0n) is 21.2. The van der Waals surface area contributed by atoms with Crippen LogP contribution in [0.25, 0.3) is 0 Å². The van der Waals surface area contributed by atoms with Crippen molar-refractivity contribution >= 4 is 23.8 Å². The number of nitrogens with zero attached hydrogens (tertiary/aromatic N) is 3. The Morgan fingerprint density at radius 1 is 1.15 bits per heavy atom. The van der Waals surface area contributed by atoms with E-state index in [2.05, 4.69) is 4.74 Å². The van der Waals surface area contributed by atoms with Crippen LogP contribution in [0.1, 0.15) is 27.7 Å². The van der Waals surface area contributed by atoms with E-state index in [0.717, 1.165) is 35.4 Å². The molecule has 2 unspecified atom stereocenters. The number of ether oxygens (including phenoxy) is 4. The molecule has 208 valence electrons. The topological polar surface area (TPSA) is 99.5 Å². The number of pyridine rings is 1. The number of methoxy groups -OCH3 is 1. The van der Waals surface area contributed by atoms with Crippen molar-refractivity contribution in [3.8, 4) is 5.75 Å². The number of morpholine rings is 1. The number of hydrogen-bond acceptors (Lipinski definition) is 9. The third-order valence-electron chi connectivity index (χ3n) is 7.06. The van der Waals surface area contributed by atoms with Gasteiger partial charge < -0.3 is 23.8 Å². The van der Waals surface area contributed by atoms with E-state index in [1.54, 1.807) is 15.6 Å². The zero-order chi connectivity index (χ0) is 28.0. The second-order valence-electron chi connectivity index (χ2n) is 9.21. The minimum atomic E-state index is -1.01. The van der Waals surface area contributed by atoms with Crippen LogP contribution in [0.15, 0.2) is 63.2 Å². The number of rotatable bonds is 4. The molecule has 40 heavy (non-hydrogen) atoms. The van der Waals surface area contributed by atoms with Crippen LogP contribution < -0.4 is 15.2 Å². The van der Waals surface area contributed by atoms with Crippen LogP contribution in [-0.2, 0) is 20.6 Å². The van der Waals surface area contributed by atoms with Gasteiger partial charge in [0.05, 0.1) is 31.3 Å². The average molecular weight is 572 g/mol. The minimum absolute atomic E-state index is 0.0565. The van der Waals surface area contributed by atoms with E-state index >= 15 is 4.39 Å². The number of carbonyl (C=O) groups excluding carboxylic acids is 2. The van der Waals surface area contributed by atoms with Crippen molar-refractivity contribution in [2.45, 2.75) is 28.4 Å². The van der Waals surface area contributed by atoms with Crippen LogP contribution in [0, 0.1) is 11.6 Å². The maximum absolute atomic E-state index is 15.0. The van der Waals surface area contributed by atoms with Crippen LogP contribution in [0.5, 0.6) is 5.75 Å². The fraction of sp³-hybridized carbons (Fsp3) is 0.296. The molecule has 2 aromatic carbocycles. The third kappa shape index (κ3) is 4.34. The fourth-order valence-corrected chi connectivity index (χ4v) is 6.43. The maximum Gasteiger partial charge on any atom is 0.510 e. The molecule has 0 N–H and O–H groups in total. The summed E-state index contributed by atoms with van der Waals surface area (Å²) in [6.07, 6.45) is 0.149. The molecule has 0 aliphatic carbocycles. The van der Waals surface area contributed by atoms with Crippen molar-refractivity contribution in [2.24, 2.45) is 0 Å². The molecule has 2 atom stereocenters. The summed E-state index contributed by atoms with van der Waals surface area (Å²) < 4.78 is 51.3. The Morgan fingerprint density at radius 3 is 2.80 bits per heavy atom. The highest BCUT2D eigenvalue weighted by Gasteiger charge is 2.45. The third-order valence-corrected chi connectivity index (χ3v) is 8.29. The average Bonchev–Trinajstić information content (AvgIpc) is 3.13. The molecular formula is C27H23F2N3O7S. The van der Waals surface area contributed by atoms with E-state index in [4.69, 9.17) is 14.2 Å². The monoisotopic (exact) mass is 571 g/mol. The molecule has 0 radical (unpaired) electrons. The van der Waals surface area contributed by atoms with Crippen molar-refractivity contribution in [1.29, 1.82) is 0 Å². The van der Waals surface area contributed by atoms with E-state index < -0.39 is 48.1 Å². The molecular weight excluding hydrogens is 548 g/mol. The summed E-state index contributed by atoms with van der Waals surface area (Å²) in [6.45, 7) is 0.0647. The highest BCUT2D eigenvalue weighted by atomic mass is 32.2. The number of fused-ring (bicyclic) bond motifs is 4.